The molecule has 0 spiro atoms. The molecule has 0 bridgehead atoms. The minimum atomic E-state index is -3.76. The molecule has 1 aliphatic heterocycles. The Morgan fingerprint density at radius 3 is 2.58 bits per heavy atom. The number of imidazole rings is 1. The lowest BCUT2D eigenvalue weighted by Crippen LogP contribution is -2.47. The number of amides is 1. The van der Waals surface area contributed by atoms with Crippen molar-refractivity contribution < 1.29 is 17.9 Å². The van der Waals surface area contributed by atoms with Crippen molar-refractivity contribution in [2.24, 2.45) is 7.05 Å². The maximum Gasteiger partial charge on any atom is 0.241 e. The van der Waals surface area contributed by atoms with E-state index in [1.54, 1.807) is 13.2 Å². The highest BCUT2D eigenvalue weighted by molar-refractivity contribution is 7.92. The van der Waals surface area contributed by atoms with E-state index in [-0.39, 0.29) is 5.16 Å². The molecule has 1 fully saturated rings. The number of aryl methyl sites for hydroxylation is 1. The van der Waals surface area contributed by atoms with Gasteiger partial charge in [0.15, 0.2) is 0 Å². The van der Waals surface area contributed by atoms with Gasteiger partial charge in [-0.3, -0.25) is 4.79 Å². The molecule has 0 aromatic carbocycles. The molecule has 19 heavy (non-hydrogen) atoms. The van der Waals surface area contributed by atoms with E-state index in [1.807, 2.05) is 0 Å². The summed E-state index contributed by atoms with van der Waals surface area (Å²) in [7, 11) is -2.17. The molecule has 0 saturated carbocycles. The molecule has 1 aromatic rings. The summed E-state index contributed by atoms with van der Waals surface area (Å²) in [5.41, 5.74) is 0. The number of aromatic nitrogens is 2. The van der Waals surface area contributed by atoms with E-state index in [0.29, 0.717) is 26.3 Å². The maximum absolute atomic E-state index is 12.3. The van der Waals surface area contributed by atoms with Gasteiger partial charge >= 0.3 is 0 Å². The zero-order valence-corrected chi connectivity index (χ0v) is 11.8. The van der Waals surface area contributed by atoms with Gasteiger partial charge in [-0.2, -0.15) is 0 Å². The average molecular weight is 287 g/mol. The van der Waals surface area contributed by atoms with Crippen LogP contribution >= 0.6 is 0 Å². The van der Waals surface area contributed by atoms with E-state index >= 15 is 0 Å². The lowest BCUT2D eigenvalue weighted by molar-refractivity contribution is -0.134. The van der Waals surface area contributed by atoms with Gasteiger partial charge in [0, 0.05) is 32.5 Å². The Morgan fingerprint density at radius 1 is 1.42 bits per heavy atom. The van der Waals surface area contributed by atoms with Gasteiger partial charge in [-0.05, 0) is 6.92 Å². The van der Waals surface area contributed by atoms with Crippen LogP contribution in [0.15, 0.2) is 17.6 Å². The largest absolute Gasteiger partial charge is 0.378 e. The van der Waals surface area contributed by atoms with E-state index in [4.69, 9.17) is 4.74 Å². The van der Waals surface area contributed by atoms with Crippen molar-refractivity contribution in [1.29, 1.82) is 0 Å². The van der Waals surface area contributed by atoms with Crippen LogP contribution in [-0.2, 0) is 26.4 Å². The van der Waals surface area contributed by atoms with Crippen molar-refractivity contribution in [3.63, 3.8) is 0 Å². The van der Waals surface area contributed by atoms with Gasteiger partial charge in [-0.15, -0.1) is 0 Å². The monoisotopic (exact) mass is 287 g/mol. The Hall–Kier alpha value is -1.41. The van der Waals surface area contributed by atoms with Crippen molar-refractivity contribution in [3.05, 3.63) is 12.4 Å². The van der Waals surface area contributed by atoms with Crippen molar-refractivity contribution in [3.8, 4) is 0 Å². The molecule has 1 atom stereocenters. The van der Waals surface area contributed by atoms with Crippen LogP contribution in [0.5, 0.6) is 0 Å². The van der Waals surface area contributed by atoms with E-state index in [1.165, 1.54) is 22.6 Å². The van der Waals surface area contributed by atoms with Gasteiger partial charge in [0.1, 0.15) is 5.25 Å². The molecule has 1 aromatic heterocycles. The first-order chi connectivity index (χ1) is 8.94. The molecule has 0 radical (unpaired) electrons. The molecule has 2 heterocycles. The first-order valence-corrected chi connectivity index (χ1v) is 7.57. The number of hydrogen-bond acceptors (Lipinski definition) is 5. The minimum absolute atomic E-state index is 0.0818. The molecule has 8 heteroatoms. The van der Waals surface area contributed by atoms with Crippen molar-refractivity contribution in [2.45, 2.75) is 17.3 Å². The third kappa shape index (κ3) is 2.64. The van der Waals surface area contributed by atoms with Gasteiger partial charge in [0.25, 0.3) is 0 Å². The highest BCUT2D eigenvalue weighted by Gasteiger charge is 2.35. The summed E-state index contributed by atoms with van der Waals surface area (Å²) in [6, 6.07) is 0. The van der Waals surface area contributed by atoms with Gasteiger partial charge in [0.2, 0.25) is 20.9 Å². The van der Waals surface area contributed by atoms with E-state index in [9.17, 15) is 13.2 Å². The second kappa shape index (κ2) is 5.30. The van der Waals surface area contributed by atoms with Crippen LogP contribution in [0.2, 0.25) is 0 Å². The first kappa shape index (κ1) is 14.0. The fraction of sp³-hybridized carbons (Fsp3) is 0.636. The van der Waals surface area contributed by atoms with E-state index < -0.39 is 21.0 Å². The Kier molecular flexibility index (Phi) is 3.91. The number of morpholine rings is 1. The number of nitrogens with zero attached hydrogens (tertiary/aromatic N) is 3. The predicted octanol–water partition coefficient (Wildman–Crippen LogP) is -0.559. The SMILES string of the molecule is CC(C(=O)N1CCOCC1)S(=O)(=O)c1nccn1C. The summed E-state index contributed by atoms with van der Waals surface area (Å²) in [6.45, 7) is 3.15. The smallest absolute Gasteiger partial charge is 0.241 e. The third-order valence-electron chi connectivity index (χ3n) is 3.17. The highest BCUT2D eigenvalue weighted by Crippen LogP contribution is 2.16. The lowest BCUT2D eigenvalue weighted by Gasteiger charge is -2.28. The molecule has 1 saturated heterocycles. The van der Waals surface area contributed by atoms with Crippen molar-refractivity contribution in [1.82, 2.24) is 14.5 Å². The zero-order chi connectivity index (χ0) is 14.0. The summed E-state index contributed by atoms with van der Waals surface area (Å²) >= 11 is 0. The number of rotatable bonds is 3. The minimum Gasteiger partial charge on any atom is -0.378 e. The quantitative estimate of drug-likeness (QED) is 0.744. The van der Waals surface area contributed by atoms with Gasteiger partial charge in [0.05, 0.1) is 13.2 Å². The Bertz CT molecular complexity index is 560. The number of carbonyl (C=O) groups is 1. The normalized spacial score (nSPS) is 18.3. The summed E-state index contributed by atoms with van der Waals surface area (Å²) < 4.78 is 31.2. The molecule has 1 amide bonds. The van der Waals surface area contributed by atoms with E-state index in [2.05, 4.69) is 4.98 Å². The molecule has 0 N–H and O–H groups in total. The standard InChI is InChI=1S/C11H17N3O4S/c1-9(10(15)14-5-7-18-8-6-14)19(16,17)11-12-3-4-13(11)2/h3-4,9H,5-8H2,1-2H3. The second-order valence-corrected chi connectivity index (χ2v) is 6.61. The van der Waals surface area contributed by atoms with Crippen LogP contribution in [0.1, 0.15) is 6.92 Å². The van der Waals surface area contributed by atoms with Gasteiger partial charge in [-0.1, -0.05) is 0 Å². The van der Waals surface area contributed by atoms with Crippen LogP contribution in [-0.4, -0.2) is 60.3 Å². The van der Waals surface area contributed by atoms with Crippen LogP contribution in [0.25, 0.3) is 0 Å². The predicted molar refractivity (Wildman–Crippen MR) is 67.3 cm³/mol. The summed E-state index contributed by atoms with van der Waals surface area (Å²) in [5.74, 6) is -0.397. The molecular formula is C11H17N3O4S. The maximum atomic E-state index is 12.3. The molecule has 7 nitrogen and oxygen atoms in total. The van der Waals surface area contributed by atoms with Crippen molar-refractivity contribution in [2.75, 3.05) is 26.3 Å². The highest BCUT2D eigenvalue weighted by atomic mass is 32.2. The number of hydrogen-bond donors (Lipinski definition) is 0. The molecule has 0 aliphatic carbocycles. The topological polar surface area (TPSA) is 81.5 Å². The first-order valence-electron chi connectivity index (χ1n) is 6.02. The Morgan fingerprint density at radius 2 is 2.05 bits per heavy atom. The Labute approximate surface area is 112 Å². The van der Waals surface area contributed by atoms with E-state index in [0.717, 1.165) is 0 Å². The van der Waals surface area contributed by atoms with Crippen LogP contribution in [0.3, 0.4) is 0 Å². The Balaban J connectivity index is 2.21. The molecule has 1 unspecified atom stereocenters. The van der Waals surface area contributed by atoms with Crippen molar-refractivity contribution >= 4 is 15.7 Å². The van der Waals surface area contributed by atoms with Gasteiger partial charge < -0.3 is 14.2 Å². The summed E-state index contributed by atoms with van der Waals surface area (Å²) in [4.78, 5) is 17.5. The summed E-state index contributed by atoms with van der Waals surface area (Å²) in [6.07, 6.45) is 2.94. The number of ether oxygens (including phenoxy) is 1. The third-order valence-corrected chi connectivity index (χ3v) is 5.20. The van der Waals surface area contributed by atoms with Gasteiger partial charge in [-0.25, -0.2) is 13.4 Å². The number of carbonyl (C=O) groups excluding carboxylic acids is 1. The van der Waals surface area contributed by atoms with Crippen LogP contribution < -0.4 is 0 Å². The van der Waals surface area contributed by atoms with Crippen LogP contribution in [0.4, 0.5) is 0 Å². The summed E-state index contributed by atoms with van der Waals surface area (Å²) in [5, 5.41) is -1.21. The molecule has 2 rings (SSSR count). The molecular weight excluding hydrogens is 270 g/mol. The fourth-order valence-electron chi connectivity index (χ4n) is 1.96. The second-order valence-electron chi connectivity index (χ2n) is 4.45. The number of sulfone groups is 1. The molecule has 106 valence electrons. The fourth-order valence-corrected chi connectivity index (χ4v) is 3.36. The zero-order valence-electron chi connectivity index (χ0n) is 10.9. The average Bonchev–Trinajstić information content (AvgIpc) is 2.85. The lowest BCUT2D eigenvalue weighted by atomic mass is 10.3. The molecule has 1 aliphatic rings. The van der Waals surface area contributed by atoms with Crippen LogP contribution in [0, 0.1) is 0 Å².